The lowest BCUT2D eigenvalue weighted by atomic mass is 9.82. The van der Waals surface area contributed by atoms with E-state index in [1.807, 2.05) is 11.3 Å². The minimum absolute atomic E-state index is 0.0939. The van der Waals surface area contributed by atoms with Crippen molar-refractivity contribution in [3.8, 4) is 44.5 Å². The summed E-state index contributed by atoms with van der Waals surface area (Å²) in [5.41, 5.74) is 16.1. The largest absolute Gasteiger partial charge is 0.310 e. The van der Waals surface area contributed by atoms with Crippen LogP contribution in [-0.2, 0) is 5.41 Å². The summed E-state index contributed by atoms with van der Waals surface area (Å²) >= 11 is 1.89. The van der Waals surface area contributed by atoms with E-state index in [2.05, 4.69) is 219 Å². The molecule has 0 radical (unpaired) electrons. The van der Waals surface area contributed by atoms with Gasteiger partial charge in [-0.15, -0.1) is 11.3 Å². The standard InChI is InChI=1S/C55H39NS/c1-55(2)51-18-10-8-16-46(51)47-31-30-45(35-52(47)55)56(44-29-24-37-14-6-7-15-41(37)32-44)43-27-25-40(26-28-43)49-33-42(34-50-48-17-9-11-19-53(48)57-54(49)50)39-22-20-38(21-23-39)36-12-4-3-5-13-36/h3-35H,1-2H3. The number of fused-ring (bicyclic) bond motifs is 7. The molecule has 10 aromatic rings. The van der Waals surface area contributed by atoms with Crippen LogP contribution in [0.25, 0.3) is 75.5 Å². The zero-order valence-corrected chi connectivity index (χ0v) is 32.7. The van der Waals surface area contributed by atoms with Gasteiger partial charge in [0.1, 0.15) is 0 Å². The zero-order valence-electron chi connectivity index (χ0n) is 31.9. The molecule has 1 aliphatic rings. The molecule has 0 saturated heterocycles. The predicted molar refractivity (Wildman–Crippen MR) is 245 cm³/mol. The fraction of sp³-hybridized carbons (Fsp3) is 0.0545. The number of rotatable bonds is 6. The van der Waals surface area contributed by atoms with E-state index in [9.17, 15) is 0 Å². The van der Waals surface area contributed by atoms with Gasteiger partial charge in [-0.2, -0.15) is 0 Å². The Kier molecular flexibility index (Phi) is 7.77. The normalized spacial score (nSPS) is 12.9. The van der Waals surface area contributed by atoms with Crippen LogP contribution >= 0.6 is 11.3 Å². The van der Waals surface area contributed by atoms with Crippen molar-refractivity contribution in [2.45, 2.75) is 19.3 Å². The van der Waals surface area contributed by atoms with Crippen molar-refractivity contribution in [1.29, 1.82) is 0 Å². The molecule has 9 aromatic carbocycles. The van der Waals surface area contributed by atoms with Crippen LogP contribution in [0.5, 0.6) is 0 Å². The van der Waals surface area contributed by atoms with Crippen LogP contribution in [0.4, 0.5) is 17.1 Å². The first-order valence-electron chi connectivity index (χ1n) is 19.7. The summed E-state index contributed by atoms with van der Waals surface area (Å²) in [7, 11) is 0. The molecule has 0 N–H and O–H groups in total. The molecular weight excluding hydrogens is 707 g/mol. The van der Waals surface area contributed by atoms with Crippen molar-refractivity contribution in [2.75, 3.05) is 4.90 Å². The van der Waals surface area contributed by atoms with Gasteiger partial charge < -0.3 is 4.90 Å². The molecule has 1 heterocycles. The smallest absolute Gasteiger partial charge is 0.0468 e. The third-order valence-corrected chi connectivity index (χ3v) is 13.3. The summed E-state index contributed by atoms with van der Waals surface area (Å²) in [4.78, 5) is 2.43. The molecule has 1 aromatic heterocycles. The Hall–Kier alpha value is -6.74. The third kappa shape index (κ3) is 5.59. The molecule has 1 nitrogen and oxygen atoms in total. The number of benzene rings is 9. The van der Waals surface area contributed by atoms with Crippen LogP contribution in [0.2, 0.25) is 0 Å². The summed E-state index contributed by atoms with van der Waals surface area (Å²) in [6, 6.07) is 73.9. The number of hydrogen-bond acceptors (Lipinski definition) is 2. The lowest BCUT2D eigenvalue weighted by Crippen LogP contribution is -2.16. The molecule has 270 valence electrons. The number of hydrogen-bond donors (Lipinski definition) is 0. The van der Waals surface area contributed by atoms with Gasteiger partial charge in [0.15, 0.2) is 0 Å². The Balaban J connectivity index is 1.04. The molecular formula is C55H39NS. The fourth-order valence-electron chi connectivity index (χ4n) is 9.08. The van der Waals surface area contributed by atoms with Crippen molar-refractivity contribution in [3.63, 3.8) is 0 Å². The van der Waals surface area contributed by atoms with E-state index < -0.39 is 0 Å². The Bertz CT molecular complexity index is 3130. The second kappa shape index (κ2) is 13.2. The maximum atomic E-state index is 2.43. The molecule has 0 amide bonds. The van der Waals surface area contributed by atoms with Gasteiger partial charge in [-0.05, 0) is 115 Å². The molecule has 0 atom stereocenters. The van der Waals surface area contributed by atoms with Gasteiger partial charge in [0.2, 0.25) is 0 Å². The van der Waals surface area contributed by atoms with E-state index in [1.165, 1.54) is 86.6 Å². The van der Waals surface area contributed by atoms with E-state index in [4.69, 9.17) is 0 Å². The number of nitrogens with zero attached hydrogens (tertiary/aromatic N) is 1. The van der Waals surface area contributed by atoms with E-state index >= 15 is 0 Å². The highest BCUT2D eigenvalue weighted by atomic mass is 32.1. The van der Waals surface area contributed by atoms with Crippen molar-refractivity contribution >= 4 is 59.3 Å². The second-order valence-corrected chi connectivity index (χ2v) is 16.8. The van der Waals surface area contributed by atoms with Gasteiger partial charge in [-0.3, -0.25) is 0 Å². The quantitative estimate of drug-likeness (QED) is 0.164. The Labute approximate surface area is 337 Å². The molecule has 11 rings (SSSR count). The topological polar surface area (TPSA) is 3.24 Å². The van der Waals surface area contributed by atoms with Gasteiger partial charge in [-0.25, -0.2) is 0 Å². The van der Waals surface area contributed by atoms with Crippen LogP contribution in [0.15, 0.2) is 200 Å². The summed E-state index contributed by atoms with van der Waals surface area (Å²) in [6.07, 6.45) is 0. The molecule has 57 heavy (non-hydrogen) atoms. The summed E-state index contributed by atoms with van der Waals surface area (Å²) in [5.74, 6) is 0. The van der Waals surface area contributed by atoms with Gasteiger partial charge >= 0.3 is 0 Å². The van der Waals surface area contributed by atoms with Crippen molar-refractivity contribution < 1.29 is 0 Å². The van der Waals surface area contributed by atoms with Crippen LogP contribution in [0.3, 0.4) is 0 Å². The number of thiophene rings is 1. The Morgan fingerprint density at radius 1 is 0.368 bits per heavy atom. The van der Waals surface area contributed by atoms with Crippen LogP contribution in [0, 0.1) is 0 Å². The SMILES string of the molecule is CC1(C)c2ccccc2-c2ccc(N(c3ccc(-c4cc(-c5ccc(-c6ccccc6)cc5)cc5c4sc4ccccc45)cc3)c3ccc4ccccc4c3)cc21. The summed E-state index contributed by atoms with van der Waals surface area (Å²) in [5, 5.41) is 5.08. The maximum absolute atomic E-state index is 2.43. The maximum Gasteiger partial charge on any atom is 0.0468 e. The van der Waals surface area contributed by atoms with Gasteiger partial charge in [-0.1, -0.05) is 159 Å². The number of anilines is 3. The van der Waals surface area contributed by atoms with Gasteiger partial charge in [0.05, 0.1) is 0 Å². The Morgan fingerprint density at radius 2 is 0.965 bits per heavy atom. The molecule has 0 spiro atoms. The van der Waals surface area contributed by atoms with E-state index in [0.29, 0.717) is 0 Å². The first kappa shape index (κ1) is 33.6. The fourth-order valence-corrected chi connectivity index (χ4v) is 10.3. The lowest BCUT2D eigenvalue weighted by Gasteiger charge is -2.28. The van der Waals surface area contributed by atoms with Crippen LogP contribution < -0.4 is 4.90 Å². The molecule has 1 aliphatic carbocycles. The van der Waals surface area contributed by atoms with Crippen molar-refractivity contribution in [2.24, 2.45) is 0 Å². The molecule has 0 bridgehead atoms. The van der Waals surface area contributed by atoms with Gasteiger partial charge in [0.25, 0.3) is 0 Å². The zero-order chi connectivity index (χ0) is 38.1. The summed E-state index contributed by atoms with van der Waals surface area (Å²) in [6.45, 7) is 4.72. The van der Waals surface area contributed by atoms with E-state index in [1.54, 1.807) is 0 Å². The van der Waals surface area contributed by atoms with Crippen LogP contribution in [-0.4, -0.2) is 0 Å². The molecule has 0 unspecified atom stereocenters. The third-order valence-electron chi connectivity index (χ3n) is 12.1. The highest BCUT2D eigenvalue weighted by Gasteiger charge is 2.35. The first-order chi connectivity index (χ1) is 28.0. The minimum atomic E-state index is -0.0939. The molecule has 0 fully saturated rings. The lowest BCUT2D eigenvalue weighted by molar-refractivity contribution is 0.660. The second-order valence-electron chi connectivity index (χ2n) is 15.8. The van der Waals surface area contributed by atoms with E-state index in [-0.39, 0.29) is 5.41 Å². The van der Waals surface area contributed by atoms with Crippen molar-refractivity contribution in [1.82, 2.24) is 0 Å². The van der Waals surface area contributed by atoms with Crippen LogP contribution in [0.1, 0.15) is 25.0 Å². The average molecular weight is 746 g/mol. The average Bonchev–Trinajstić information content (AvgIpc) is 3.76. The van der Waals surface area contributed by atoms with Gasteiger partial charge in [0, 0.05) is 48.2 Å². The van der Waals surface area contributed by atoms with Crippen molar-refractivity contribution in [3.05, 3.63) is 211 Å². The highest BCUT2D eigenvalue weighted by molar-refractivity contribution is 7.26. The molecule has 0 aliphatic heterocycles. The monoisotopic (exact) mass is 745 g/mol. The minimum Gasteiger partial charge on any atom is -0.310 e. The predicted octanol–water partition coefficient (Wildman–Crippen LogP) is 16.0. The van der Waals surface area contributed by atoms with E-state index in [0.717, 1.165) is 17.1 Å². The Morgan fingerprint density at radius 3 is 1.79 bits per heavy atom. The highest BCUT2D eigenvalue weighted by Crippen LogP contribution is 2.51. The summed E-state index contributed by atoms with van der Waals surface area (Å²) < 4.78 is 2.63. The molecule has 0 saturated carbocycles. The molecule has 2 heteroatoms. The first-order valence-corrected chi connectivity index (χ1v) is 20.6.